The molecule has 5 nitrogen and oxygen atoms in total. The lowest BCUT2D eigenvalue weighted by Gasteiger charge is -2.10. The molecule has 0 spiro atoms. The highest BCUT2D eigenvalue weighted by Crippen LogP contribution is 2.22. The van der Waals surface area contributed by atoms with Gasteiger partial charge in [0.1, 0.15) is 17.1 Å². The second-order valence-corrected chi connectivity index (χ2v) is 6.71. The smallest absolute Gasteiger partial charge is 0.270 e. The van der Waals surface area contributed by atoms with Crippen molar-refractivity contribution in [2.24, 2.45) is 0 Å². The maximum atomic E-state index is 12.9. The lowest BCUT2D eigenvalue weighted by molar-refractivity contribution is 0.0944. The summed E-state index contributed by atoms with van der Waals surface area (Å²) in [6, 6.07) is 9.65. The zero-order valence-electron chi connectivity index (χ0n) is 14.5. The van der Waals surface area contributed by atoms with Crippen LogP contribution in [-0.4, -0.2) is 22.4 Å². The highest BCUT2D eigenvalue weighted by Gasteiger charge is 2.19. The molecule has 6 heteroatoms. The van der Waals surface area contributed by atoms with Crippen LogP contribution in [0.25, 0.3) is 5.65 Å². The van der Waals surface area contributed by atoms with Crippen LogP contribution in [0.2, 0.25) is 0 Å². The van der Waals surface area contributed by atoms with Crippen LogP contribution >= 0.6 is 15.9 Å². The van der Waals surface area contributed by atoms with Gasteiger partial charge in [-0.15, -0.1) is 0 Å². The first-order valence-corrected chi connectivity index (χ1v) is 8.91. The number of carbonyl (C=O) groups excluding carboxylic acids is 1. The van der Waals surface area contributed by atoms with Crippen molar-refractivity contribution in [1.29, 1.82) is 0 Å². The monoisotopic (exact) mass is 401 g/mol. The van der Waals surface area contributed by atoms with Gasteiger partial charge in [0.15, 0.2) is 0 Å². The number of carbonyl (C=O) groups is 1. The molecule has 3 rings (SSSR count). The van der Waals surface area contributed by atoms with Gasteiger partial charge < -0.3 is 10.1 Å². The van der Waals surface area contributed by atoms with Gasteiger partial charge in [0, 0.05) is 22.8 Å². The van der Waals surface area contributed by atoms with Gasteiger partial charge in [-0.2, -0.15) is 0 Å². The topological polar surface area (TPSA) is 55.6 Å². The number of aryl methyl sites for hydroxylation is 2. The summed E-state index contributed by atoms with van der Waals surface area (Å²) in [5.41, 5.74) is 4.13. The van der Waals surface area contributed by atoms with Crippen molar-refractivity contribution >= 4 is 27.5 Å². The molecule has 0 saturated heterocycles. The normalized spacial score (nSPS) is 10.9. The second kappa shape index (κ2) is 7.27. The van der Waals surface area contributed by atoms with Crippen LogP contribution in [0.15, 0.2) is 41.0 Å². The second-order valence-electron chi connectivity index (χ2n) is 5.79. The van der Waals surface area contributed by atoms with Crippen LogP contribution in [0.5, 0.6) is 5.75 Å². The molecule has 0 radical (unpaired) electrons. The minimum absolute atomic E-state index is 0.146. The molecule has 0 saturated carbocycles. The molecule has 0 aliphatic carbocycles. The number of aromatic nitrogens is 2. The quantitative estimate of drug-likeness (QED) is 0.704. The van der Waals surface area contributed by atoms with Gasteiger partial charge in [-0.25, -0.2) is 4.98 Å². The Labute approximate surface area is 155 Å². The number of rotatable bonds is 5. The number of ether oxygens (including phenoxy) is 1. The summed E-state index contributed by atoms with van der Waals surface area (Å²) in [5, 5.41) is 2.99. The first-order valence-electron chi connectivity index (χ1n) is 8.12. The zero-order valence-corrected chi connectivity index (χ0v) is 16.1. The van der Waals surface area contributed by atoms with E-state index < -0.39 is 0 Å². The van der Waals surface area contributed by atoms with Gasteiger partial charge >= 0.3 is 0 Å². The van der Waals surface area contributed by atoms with E-state index in [2.05, 4.69) is 26.2 Å². The maximum Gasteiger partial charge on any atom is 0.270 e. The largest absolute Gasteiger partial charge is 0.496 e. The molecule has 0 atom stereocenters. The number of halogens is 1. The molecule has 2 heterocycles. The predicted molar refractivity (Wildman–Crippen MR) is 101 cm³/mol. The van der Waals surface area contributed by atoms with Crippen molar-refractivity contribution in [2.75, 3.05) is 7.11 Å². The first kappa shape index (κ1) is 17.5. The molecule has 130 valence electrons. The van der Waals surface area contributed by atoms with Crippen LogP contribution in [0.3, 0.4) is 0 Å². The van der Waals surface area contributed by atoms with Crippen molar-refractivity contribution in [2.45, 2.75) is 26.8 Å². The van der Waals surface area contributed by atoms with E-state index in [9.17, 15) is 4.79 Å². The SMILES string of the molecule is CCc1nc2c(C)cc(Br)cn2c1C(=O)NCc1ccccc1OC. The van der Waals surface area contributed by atoms with E-state index in [0.717, 1.165) is 32.7 Å². The summed E-state index contributed by atoms with van der Waals surface area (Å²) in [6.45, 7) is 4.39. The molecule has 1 aromatic carbocycles. The highest BCUT2D eigenvalue weighted by atomic mass is 79.9. The Morgan fingerprint density at radius 2 is 2.12 bits per heavy atom. The predicted octanol–water partition coefficient (Wildman–Crippen LogP) is 3.91. The molecule has 1 N–H and O–H groups in total. The van der Waals surface area contributed by atoms with Gasteiger partial charge in [-0.1, -0.05) is 25.1 Å². The molecule has 3 aromatic rings. The van der Waals surface area contributed by atoms with E-state index in [0.29, 0.717) is 18.7 Å². The highest BCUT2D eigenvalue weighted by molar-refractivity contribution is 9.10. The molecular formula is C19H20BrN3O2. The number of amides is 1. The Balaban J connectivity index is 1.94. The summed E-state index contributed by atoms with van der Waals surface area (Å²) in [6.07, 6.45) is 2.57. The van der Waals surface area contributed by atoms with Crippen molar-refractivity contribution in [3.05, 3.63) is 63.5 Å². The summed E-state index contributed by atoms with van der Waals surface area (Å²) in [4.78, 5) is 17.5. The molecule has 0 aliphatic rings. The van der Waals surface area contributed by atoms with Crippen molar-refractivity contribution in [1.82, 2.24) is 14.7 Å². The van der Waals surface area contributed by atoms with E-state index in [1.165, 1.54) is 0 Å². The molecule has 0 bridgehead atoms. The van der Waals surface area contributed by atoms with Crippen molar-refractivity contribution in [3.8, 4) is 5.75 Å². The summed E-state index contributed by atoms with van der Waals surface area (Å²) in [5.74, 6) is 0.614. The van der Waals surface area contributed by atoms with Crippen molar-refractivity contribution in [3.63, 3.8) is 0 Å². The Kier molecular flexibility index (Phi) is 5.08. The number of hydrogen-bond donors (Lipinski definition) is 1. The third-order valence-electron chi connectivity index (χ3n) is 4.12. The summed E-state index contributed by atoms with van der Waals surface area (Å²) < 4.78 is 8.11. The van der Waals surface area contributed by atoms with E-state index in [-0.39, 0.29) is 5.91 Å². The Bertz CT molecular complexity index is 934. The summed E-state index contributed by atoms with van der Waals surface area (Å²) >= 11 is 3.50. The first-order chi connectivity index (χ1) is 12.0. The number of nitrogens with zero attached hydrogens (tertiary/aromatic N) is 2. The van der Waals surface area contributed by atoms with Crippen LogP contribution < -0.4 is 10.1 Å². The van der Waals surface area contributed by atoms with Gasteiger partial charge in [-0.3, -0.25) is 9.20 Å². The number of imidazole rings is 1. The third-order valence-corrected chi connectivity index (χ3v) is 4.56. The molecular weight excluding hydrogens is 382 g/mol. The van der Waals surface area contributed by atoms with Crippen LogP contribution in [0.4, 0.5) is 0 Å². The molecule has 0 fully saturated rings. The number of nitrogens with one attached hydrogen (secondary N) is 1. The molecule has 0 unspecified atom stereocenters. The minimum atomic E-state index is -0.146. The van der Waals surface area contributed by atoms with Gasteiger partial charge in [0.25, 0.3) is 5.91 Å². The Morgan fingerprint density at radius 1 is 1.36 bits per heavy atom. The van der Waals surface area contributed by atoms with Crippen LogP contribution in [0, 0.1) is 6.92 Å². The molecule has 0 aliphatic heterocycles. The van der Waals surface area contributed by atoms with E-state index >= 15 is 0 Å². The lowest BCUT2D eigenvalue weighted by Crippen LogP contribution is -2.25. The van der Waals surface area contributed by atoms with Crippen molar-refractivity contribution < 1.29 is 9.53 Å². The average Bonchev–Trinajstić information content (AvgIpc) is 2.98. The summed E-state index contributed by atoms with van der Waals surface area (Å²) in [7, 11) is 1.63. The average molecular weight is 402 g/mol. The third kappa shape index (κ3) is 3.39. The number of pyridine rings is 1. The lowest BCUT2D eigenvalue weighted by atomic mass is 10.2. The van der Waals surface area contributed by atoms with E-state index in [1.54, 1.807) is 7.11 Å². The fraction of sp³-hybridized carbons (Fsp3) is 0.263. The van der Waals surface area contributed by atoms with Gasteiger partial charge in [0.2, 0.25) is 0 Å². The van der Waals surface area contributed by atoms with E-state index in [1.807, 2.05) is 54.8 Å². The Hall–Kier alpha value is -2.34. The zero-order chi connectivity index (χ0) is 18.0. The van der Waals surface area contributed by atoms with E-state index in [4.69, 9.17) is 4.74 Å². The molecule has 1 amide bonds. The van der Waals surface area contributed by atoms with Gasteiger partial charge in [-0.05, 0) is 47.0 Å². The Morgan fingerprint density at radius 3 is 2.84 bits per heavy atom. The fourth-order valence-electron chi connectivity index (χ4n) is 2.91. The standard InChI is InChI=1S/C19H20BrN3O2/c1-4-15-17(23-11-14(20)9-12(2)18(23)22-15)19(24)21-10-13-7-5-6-8-16(13)25-3/h5-9,11H,4,10H2,1-3H3,(H,21,24). The fourth-order valence-corrected chi connectivity index (χ4v) is 3.46. The number of para-hydroxylation sites is 1. The number of fused-ring (bicyclic) bond motifs is 1. The molecule has 25 heavy (non-hydrogen) atoms. The maximum absolute atomic E-state index is 12.9. The number of benzene rings is 1. The van der Waals surface area contributed by atoms with Gasteiger partial charge in [0.05, 0.1) is 12.8 Å². The molecule has 2 aromatic heterocycles. The van der Waals surface area contributed by atoms with Crippen LogP contribution in [0.1, 0.15) is 34.2 Å². The minimum Gasteiger partial charge on any atom is -0.496 e. The number of methoxy groups -OCH3 is 1. The van der Waals surface area contributed by atoms with Crippen LogP contribution in [-0.2, 0) is 13.0 Å². The number of hydrogen-bond acceptors (Lipinski definition) is 3.